The van der Waals surface area contributed by atoms with Crippen LogP contribution in [0.5, 0.6) is 11.5 Å². The molecule has 0 radical (unpaired) electrons. The molecule has 0 aliphatic heterocycles. The first-order valence-electron chi connectivity index (χ1n) is 8.90. The van der Waals surface area contributed by atoms with Crippen molar-refractivity contribution in [2.45, 2.75) is 11.7 Å². The Morgan fingerprint density at radius 1 is 1.10 bits per heavy atom. The van der Waals surface area contributed by atoms with Crippen molar-refractivity contribution in [3.8, 4) is 11.5 Å². The second-order valence-electron chi connectivity index (χ2n) is 6.12. The molecule has 0 aliphatic rings. The van der Waals surface area contributed by atoms with Crippen LogP contribution in [0, 0.1) is 0 Å². The van der Waals surface area contributed by atoms with Crippen molar-refractivity contribution in [3.63, 3.8) is 0 Å². The number of furan rings is 1. The van der Waals surface area contributed by atoms with E-state index in [1.54, 1.807) is 41.3 Å². The van der Waals surface area contributed by atoms with Gasteiger partial charge in [-0.2, -0.15) is 0 Å². The monoisotopic (exact) mass is 485 g/mol. The van der Waals surface area contributed by atoms with Crippen LogP contribution in [0.1, 0.15) is 5.76 Å². The number of hydrogen-bond donors (Lipinski definition) is 1. The minimum Gasteiger partial charge on any atom is -0.467 e. The lowest BCUT2D eigenvalue weighted by molar-refractivity contribution is -0.113. The van der Waals surface area contributed by atoms with Crippen LogP contribution in [-0.4, -0.2) is 31.9 Å². The Balaban J connectivity index is 1.28. The molecule has 0 spiro atoms. The molecule has 2 aromatic carbocycles. The lowest BCUT2D eigenvalue weighted by Crippen LogP contribution is -2.14. The van der Waals surface area contributed by atoms with Crippen LogP contribution < -0.4 is 10.1 Å². The van der Waals surface area contributed by atoms with Crippen molar-refractivity contribution in [1.29, 1.82) is 0 Å². The maximum Gasteiger partial charge on any atom is 0.234 e. The quantitative estimate of drug-likeness (QED) is 0.364. The summed E-state index contributed by atoms with van der Waals surface area (Å²) in [4.78, 5) is 12.3. The van der Waals surface area contributed by atoms with Crippen LogP contribution in [0.25, 0.3) is 0 Å². The summed E-state index contributed by atoms with van der Waals surface area (Å²) in [5.74, 6) is 2.17. The summed E-state index contributed by atoms with van der Waals surface area (Å²) in [5, 5.41) is 14.9. The number of thioether (sulfide) groups is 1. The SMILES string of the molecule is O=C(CSc1nnnn1Cc1ccco1)Nc1ccc(Oc2ccc(Br)cc2)cc1. The highest BCUT2D eigenvalue weighted by molar-refractivity contribution is 9.10. The fourth-order valence-corrected chi connectivity index (χ4v) is 3.46. The van der Waals surface area contributed by atoms with E-state index in [0.717, 1.165) is 16.0 Å². The predicted molar refractivity (Wildman–Crippen MR) is 116 cm³/mol. The zero-order valence-electron chi connectivity index (χ0n) is 15.6. The first kappa shape index (κ1) is 20.2. The van der Waals surface area contributed by atoms with Gasteiger partial charge in [0.2, 0.25) is 11.1 Å². The van der Waals surface area contributed by atoms with Crippen molar-refractivity contribution in [1.82, 2.24) is 20.2 Å². The highest BCUT2D eigenvalue weighted by Crippen LogP contribution is 2.24. The number of nitrogens with one attached hydrogen (secondary N) is 1. The number of carbonyl (C=O) groups excluding carboxylic acids is 1. The summed E-state index contributed by atoms with van der Waals surface area (Å²) < 4.78 is 13.7. The normalized spacial score (nSPS) is 10.7. The summed E-state index contributed by atoms with van der Waals surface area (Å²) in [7, 11) is 0. The number of halogens is 1. The third-order valence-electron chi connectivity index (χ3n) is 3.90. The number of benzene rings is 2. The van der Waals surface area contributed by atoms with Crippen LogP contribution >= 0.6 is 27.7 Å². The molecule has 30 heavy (non-hydrogen) atoms. The molecule has 2 heterocycles. The van der Waals surface area contributed by atoms with Gasteiger partial charge in [0.15, 0.2) is 0 Å². The van der Waals surface area contributed by atoms with Gasteiger partial charge in [-0.05, 0) is 71.1 Å². The average molecular weight is 486 g/mol. The van der Waals surface area contributed by atoms with Crippen LogP contribution in [0.15, 0.2) is 81.0 Å². The molecule has 1 N–H and O–H groups in total. The van der Waals surface area contributed by atoms with Gasteiger partial charge in [-0.1, -0.05) is 27.7 Å². The molecule has 10 heteroatoms. The summed E-state index contributed by atoms with van der Waals surface area (Å²) in [6.07, 6.45) is 1.59. The van der Waals surface area contributed by atoms with E-state index in [1.807, 2.05) is 30.3 Å². The van der Waals surface area contributed by atoms with E-state index in [-0.39, 0.29) is 11.7 Å². The number of hydrogen-bond acceptors (Lipinski definition) is 7. The van der Waals surface area contributed by atoms with E-state index < -0.39 is 0 Å². The Kier molecular flexibility index (Phi) is 6.45. The van der Waals surface area contributed by atoms with Gasteiger partial charge in [0, 0.05) is 10.2 Å². The first-order valence-corrected chi connectivity index (χ1v) is 10.7. The maximum absolute atomic E-state index is 12.3. The fourth-order valence-electron chi connectivity index (χ4n) is 2.52. The first-order chi connectivity index (χ1) is 14.7. The Bertz CT molecular complexity index is 1100. The van der Waals surface area contributed by atoms with Gasteiger partial charge in [0.1, 0.15) is 23.8 Å². The van der Waals surface area contributed by atoms with E-state index in [0.29, 0.717) is 23.1 Å². The second-order valence-corrected chi connectivity index (χ2v) is 7.97. The van der Waals surface area contributed by atoms with Crippen LogP contribution in [0.2, 0.25) is 0 Å². The minimum atomic E-state index is -0.158. The Morgan fingerprint density at radius 3 is 2.53 bits per heavy atom. The number of ether oxygens (including phenoxy) is 1. The second kappa shape index (κ2) is 9.59. The smallest absolute Gasteiger partial charge is 0.234 e. The van der Waals surface area contributed by atoms with E-state index in [2.05, 4.69) is 36.8 Å². The molecule has 1 amide bonds. The summed E-state index contributed by atoms with van der Waals surface area (Å²) in [5.41, 5.74) is 0.680. The molecule has 8 nitrogen and oxygen atoms in total. The highest BCUT2D eigenvalue weighted by Gasteiger charge is 2.12. The van der Waals surface area contributed by atoms with E-state index in [4.69, 9.17) is 9.15 Å². The molecular formula is C20H16BrN5O3S. The third-order valence-corrected chi connectivity index (χ3v) is 5.39. The van der Waals surface area contributed by atoms with Gasteiger partial charge in [-0.25, -0.2) is 4.68 Å². The standard InChI is InChI=1S/C20H16BrN5O3S/c21-14-3-7-16(8-4-14)29-17-9-5-15(6-10-17)22-19(27)13-30-20-23-24-25-26(20)12-18-2-1-11-28-18/h1-11H,12-13H2,(H,22,27). The lowest BCUT2D eigenvalue weighted by atomic mass is 10.3. The molecule has 4 rings (SSSR count). The number of amides is 1. The Hall–Kier alpha value is -3.11. The van der Waals surface area contributed by atoms with Gasteiger partial charge in [-0.3, -0.25) is 4.79 Å². The van der Waals surface area contributed by atoms with Crippen molar-refractivity contribution in [2.24, 2.45) is 0 Å². The molecule has 0 atom stereocenters. The van der Waals surface area contributed by atoms with Gasteiger partial charge in [0.05, 0.1) is 12.0 Å². The highest BCUT2D eigenvalue weighted by atomic mass is 79.9. The Morgan fingerprint density at radius 2 is 1.83 bits per heavy atom. The molecule has 4 aromatic rings. The molecule has 0 unspecified atom stereocenters. The molecule has 0 aliphatic carbocycles. The Labute approximate surface area is 184 Å². The summed E-state index contributed by atoms with van der Waals surface area (Å²) in [6.45, 7) is 0.407. The van der Waals surface area contributed by atoms with Crippen molar-refractivity contribution >= 4 is 39.3 Å². The molecule has 0 fully saturated rings. The molecule has 0 saturated heterocycles. The van der Waals surface area contributed by atoms with Crippen molar-refractivity contribution in [2.75, 3.05) is 11.1 Å². The zero-order valence-corrected chi connectivity index (χ0v) is 18.0. The number of nitrogens with zero attached hydrogens (tertiary/aromatic N) is 4. The molecule has 2 aromatic heterocycles. The number of carbonyl (C=O) groups is 1. The number of aromatic nitrogens is 4. The summed E-state index contributed by atoms with van der Waals surface area (Å²) in [6, 6.07) is 18.4. The van der Waals surface area contributed by atoms with Gasteiger partial charge in [0.25, 0.3) is 0 Å². The predicted octanol–water partition coefficient (Wildman–Crippen LogP) is 4.60. The van der Waals surface area contributed by atoms with Crippen LogP contribution in [0.4, 0.5) is 5.69 Å². The molecule has 0 saturated carbocycles. The van der Waals surface area contributed by atoms with E-state index in [1.165, 1.54) is 11.8 Å². The van der Waals surface area contributed by atoms with Crippen LogP contribution in [0.3, 0.4) is 0 Å². The molecule has 152 valence electrons. The third kappa shape index (κ3) is 5.49. The van der Waals surface area contributed by atoms with Crippen molar-refractivity contribution in [3.05, 3.63) is 77.2 Å². The lowest BCUT2D eigenvalue weighted by Gasteiger charge is -2.08. The zero-order chi connectivity index (χ0) is 20.8. The van der Waals surface area contributed by atoms with Crippen molar-refractivity contribution < 1.29 is 13.9 Å². The van der Waals surface area contributed by atoms with E-state index in [9.17, 15) is 4.79 Å². The van der Waals surface area contributed by atoms with E-state index >= 15 is 0 Å². The van der Waals surface area contributed by atoms with Gasteiger partial charge >= 0.3 is 0 Å². The topological polar surface area (TPSA) is 95.1 Å². The number of rotatable bonds is 8. The fraction of sp³-hybridized carbons (Fsp3) is 0.100. The minimum absolute atomic E-state index is 0.158. The van der Waals surface area contributed by atoms with Gasteiger partial charge < -0.3 is 14.5 Å². The maximum atomic E-state index is 12.3. The molecular weight excluding hydrogens is 470 g/mol. The van der Waals surface area contributed by atoms with Gasteiger partial charge in [-0.15, -0.1) is 5.10 Å². The largest absolute Gasteiger partial charge is 0.467 e. The number of tetrazole rings is 1. The molecule has 0 bridgehead atoms. The van der Waals surface area contributed by atoms with Crippen LogP contribution in [-0.2, 0) is 11.3 Å². The average Bonchev–Trinajstić information content (AvgIpc) is 3.42. The number of anilines is 1. The summed E-state index contributed by atoms with van der Waals surface area (Å²) >= 11 is 4.65.